The molecule has 0 bridgehead atoms. The van der Waals surface area contributed by atoms with E-state index in [0.29, 0.717) is 11.4 Å². The van der Waals surface area contributed by atoms with E-state index < -0.39 is 0 Å². The summed E-state index contributed by atoms with van der Waals surface area (Å²) in [6.07, 6.45) is 7.37. The summed E-state index contributed by atoms with van der Waals surface area (Å²) >= 11 is 3.38. The van der Waals surface area contributed by atoms with Crippen LogP contribution in [0.25, 0.3) is 5.69 Å². The summed E-state index contributed by atoms with van der Waals surface area (Å²) in [6.45, 7) is 0. The Morgan fingerprint density at radius 2 is 2.14 bits per heavy atom. The lowest BCUT2D eigenvalue weighted by molar-refractivity contribution is 0.102. The van der Waals surface area contributed by atoms with Crippen LogP contribution in [-0.4, -0.2) is 30.6 Å². The second-order valence-electron chi connectivity index (χ2n) is 4.05. The maximum atomic E-state index is 12.2. The Kier molecular flexibility index (Phi) is 3.69. The zero-order valence-corrected chi connectivity index (χ0v) is 12.2. The Hall–Kier alpha value is -2.61. The van der Waals surface area contributed by atoms with Crippen LogP contribution < -0.4 is 5.32 Å². The van der Waals surface area contributed by atoms with Crippen molar-refractivity contribution in [3.63, 3.8) is 0 Å². The molecule has 0 aliphatic carbocycles. The number of hydrogen-bond donors (Lipinski definition) is 1. The highest BCUT2D eigenvalue weighted by Crippen LogP contribution is 2.24. The van der Waals surface area contributed by atoms with Crippen molar-refractivity contribution in [2.45, 2.75) is 0 Å². The molecule has 0 aliphatic heterocycles. The summed E-state index contributed by atoms with van der Waals surface area (Å²) in [5.41, 5.74) is 1.53. The minimum atomic E-state index is -0.345. The van der Waals surface area contributed by atoms with Crippen molar-refractivity contribution in [2.24, 2.45) is 0 Å². The van der Waals surface area contributed by atoms with E-state index in [1.165, 1.54) is 24.9 Å². The number of nitrogens with zero attached hydrogens (tertiary/aromatic N) is 5. The van der Waals surface area contributed by atoms with Crippen LogP contribution in [-0.2, 0) is 0 Å². The minimum absolute atomic E-state index is 0.238. The number of carbonyl (C=O) groups excluding carboxylic acids is 1. The van der Waals surface area contributed by atoms with E-state index in [4.69, 9.17) is 0 Å². The predicted molar refractivity (Wildman–Crippen MR) is 79.0 cm³/mol. The molecule has 3 rings (SSSR count). The number of rotatable bonds is 3. The summed E-state index contributed by atoms with van der Waals surface area (Å²) in [4.78, 5) is 23.9. The second kappa shape index (κ2) is 5.80. The lowest BCUT2D eigenvalue weighted by Crippen LogP contribution is -2.15. The molecule has 0 unspecified atom stereocenters. The Morgan fingerprint density at radius 3 is 2.86 bits per heavy atom. The van der Waals surface area contributed by atoms with Crippen LogP contribution in [0.4, 0.5) is 5.69 Å². The maximum Gasteiger partial charge on any atom is 0.275 e. The average Bonchev–Trinajstić information content (AvgIpc) is 3.02. The van der Waals surface area contributed by atoms with Gasteiger partial charge in [0.25, 0.3) is 5.91 Å². The second-order valence-corrected chi connectivity index (χ2v) is 4.96. The molecule has 1 amide bonds. The van der Waals surface area contributed by atoms with Crippen molar-refractivity contribution >= 4 is 27.5 Å². The molecule has 0 radical (unpaired) electrons. The molecule has 0 aliphatic rings. The molecular weight excluding hydrogens is 336 g/mol. The molecule has 2 aromatic heterocycles. The summed E-state index contributed by atoms with van der Waals surface area (Å²) < 4.78 is 2.40. The summed E-state index contributed by atoms with van der Waals surface area (Å²) in [5.74, 6) is -0.345. The molecule has 0 saturated carbocycles. The summed E-state index contributed by atoms with van der Waals surface area (Å²) in [6, 6.07) is 5.46. The number of benzene rings is 1. The van der Waals surface area contributed by atoms with Gasteiger partial charge >= 0.3 is 0 Å². The summed E-state index contributed by atoms with van der Waals surface area (Å²) in [5, 5.41) is 6.86. The molecule has 2 heterocycles. The van der Waals surface area contributed by atoms with Crippen LogP contribution in [0, 0.1) is 0 Å². The highest BCUT2D eigenvalue weighted by molar-refractivity contribution is 9.10. The van der Waals surface area contributed by atoms with E-state index in [1.54, 1.807) is 17.1 Å². The number of hydrogen-bond acceptors (Lipinski definition) is 5. The number of nitrogens with one attached hydrogen (secondary N) is 1. The highest BCUT2D eigenvalue weighted by Gasteiger charge is 2.12. The number of aromatic nitrogens is 5. The van der Waals surface area contributed by atoms with E-state index in [9.17, 15) is 4.79 Å². The van der Waals surface area contributed by atoms with Gasteiger partial charge in [-0.2, -0.15) is 5.10 Å². The first-order valence-corrected chi connectivity index (χ1v) is 6.75. The molecule has 0 atom stereocenters. The standard InChI is InChI=1S/C13H9BrN6O/c14-9-1-2-12(20-8-16-7-18-20)10(5-9)19-13(21)11-6-15-3-4-17-11/h1-8H,(H,19,21). The van der Waals surface area contributed by atoms with Crippen LogP contribution in [0.1, 0.15) is 10.5 Å². The lowest BCUT2D eigenvalue weighted by Gasteiger charge is -2.11. The first-order chi connectivity index (χ1) is 10.2. The van der Waals surface area contributed by atoms with Crippen LogP contribution >= 0.6 is 15.9 Å². The molecule has 1 N–H and O–H groups in total. The molecule has 1 aromatic carbocycles. The molecule has 7 nitrogen and oxygen atoms in total. The fraction of sp³-hybridized carbons (Fsp3) is 0. The molecule has 104 valence electrons. The van der Waals surface area contributed by atoms with Crippen LogP contribution in [0.5, 0.6) is 0 Å². The third-order valence-electron chi connectivity index (χ3n) is 2.67. The Bertz CT molecular complexity index is 760. The number of amides is 1. The van der Waals surface area contributed by atoms with E-state index >= 15 is 0 Å². The van der Waals surface area contributed by atoms with Gasteiger partial charge in [0.1, 0.15) is 18.3 Å². The van der Waals surface area contributed by atoms with E-state index in [1.807, 2.05) is 12.1 Å². The number of anilines is 1. The molecule has 0 fully saturated rings. The average molecular weight is 345 g/mol. The van der Waals surface area contributed by atoms with Gasteiger partial charge < -0.3 is 5.32 Å². The smallest absolute Gasteiger partial charge is 0.275 e. The van der Waals surface area contributed by atoms with Crippen molar-refractivity contribution in [3.05, 3.63) is 59.6 Å². The van der Waals surface area contributed by atoms with Crippen molar-refractivity contribution in [2.75, 3.05) is 5.32 Å². The van der Waals surface area contributed by atoms with Gasteiger partial charge in [0.2, 0.25) is 0 Å². The minimum Gasteiger partial charge on any atom is -0.319 e. The monoisotopic (exact) mass is 344 g/mol. The highest BCUT2D eigenvalue weighted by atomic mass is 79.9. The van der Waals surface area contributed by atoms with Gasteiger partial charge in [-0.05, 0) is 18.2 Å². The topological polar surface area (TPSA) is 85.6 Å². The Labute approximate surface area is 128 Å². The van der Waals surface area contributed by atoms with Gasteiger partial charge in [-0.3, -0.25) is 9.78 Å². The van der Waals surface area contributed by atoms with Gasteiger partial charge in [0.05, 0.1) is 17.6 Å². The first-order valence-electron chi connectivity index (χ1n) is 5.96. The first kappa shape index (κ1) is 13.4. The molecule has 21 heavy (non-hydrogen) atoms. The molecule has 3 aromatic rings. The normalized spacial score (nSPS) is 10.3. The maximum absolute atomic E-state index is 12.2. The Balaban J connectivity index is 1.95. The van der Waals surface area contributed by atoms with Crippen LogP contribution in [0.2, 0.25) is 0 Å². The predicted octanol–water partition coefficient (Wildman–Crippen LogP) is 2.07. The van der Waals surface area contributed by atoms with E-state index in [2.05, 4.69) is 41.3 Å². The van der Waals surface area contributed by atoms with Gasteiger partial charge in [0.15, 0.2) is 0 Å². The van der Waals surface area contributed by atoms with Gasteiger partial charge in [-0.15, -0.1) is 0 Å². The van der Waals surface area contributed by atoms with Crippen LogP contribution in [0.15, 0.2) is 53.9 Å². The van der Waals surface area contributed by atoms with Crippen molar-refractivity contribution in [3.8, 4) is 5.69 Å². The zero-order chi connectivity index (χ0) is 14.7. The third kappa shape index (κ3) is 2.95. The van der Waals surface area contributed by atoms with Crippen molar-refractivity contribution in [1.29, 1.82) is 0 Å². The molecule has 0 saturated heterocycles. The SMILES string of the molecule is O=C(Nc1cc(Br)ccc1-n1cncn1)c1cnccn1. The third-order valence-corrected chi connectivity index (χ3v) is 3.16. The zero-order valence-electron chi connectivity index (χ0n) is 10.6. The van der Waals surface area contributed by atoms with Crippen LogP contribution in [0.3, 0.4) is 0 Å². The largest absolute Gasteiger partial charge is 0.319 e. The molecule has 0 spiro atoms. The number of carbonyl (C=O) groups is 1. The number of halogens is 1. The quantitative estimate of drug-likeness (QED) is 0.785. The molecular formula is C13H9BrN6O. The van der Waals surface area contributed by atoms with Crippen molar-refractivity contribution in [1.82, 2.24) is 24.7 Å². The van der Waals surface area contributed by atoms with Gasteiger partial charge in [-0.1, -0.05) is 15.9 Å². The fourth-order valence-electron chi connectivity index (χ4n) is 1.74. The van der Waals surface area contributed by atoms with E-state index in [-0.39, 0.29) is 11.6 Å². The Morgan fingerprint density at radius 1 is 1.24 bits per heavy atom. The van der Waals surface area contributed by atoms with Crippen molar-refractivity contribution < 1.29 is 4.79 Å². The van der Waals surface area contributed by atoms with Gasteiger partial charge in [0, 0.05) is 16.9 Å². The fourth-order valence-corrected chi connectivity index (χ4v) is 2.10. The van der Waals surface area contributed by atoms with E-state index in [0.717, 1.165) is 4.47 Å². The lowest BCUT2D eigenvalue weighted by atomic mass is 10.2. The van der Waals surface area contributed by atoms with Gasteiger partial charge in [-0.25, -0.2) is 14.6 Å². The summed E-state index contributed by atoms with van der Waals surface area (Å²) in [7, 11) is 0. The molecule has 8 heteroatoms.